The first-order valence-corrected chi connectivity index (χ1v) is 10.2. The van der Waals surface area contributed by atoms with Gasteiger partial charge in [-0.2, -0.15) is 0 Å². The molecule has 1 unspecified atom stereocenters. The number of nitrogens with zero attached hydrogens (tertiary/aromatic N) is 1. The number of aliphatic imine (C=N–C) groups is 1. The third kappa shape index (κ3) is 7.85. The molecule has 2 aromatic carbocycles. The molecule has 178 valence electrons. The lowest BCUT2D eigenvalue weighted by Crippen LogP contribution is -2.41. The highest BCUT2D eigenvalue weighted by Crippen LogP contribution is 2.39. The fraction of sp³-hybridized carbons (Fsp3) is 0.435. The zero-order valence-electron chi connectivity index (χ0n) is 19.6. The lowest BCUT2D eigenvalue weighted by Gasteiger charge is -2.18. The summed E-state index contributed by atoms with van der Waals surface area (Å²) < 4.78 is 27.5. The number of methoxy groups -OCH3 is 4. The molecule has 2 aromatic rings. The van der Waals surface area contributed by atoms with Gasteiger partial charge in [0.1, 0.15) is 17.6 Å². The van der Waals surface area contributed by atoms with E-state index in [1.807, 2.05) is 50.2 Å². The van der Waals surface area contributed by atoms with E-state index in [0.29, 0.717) is 36.3 Å². The van der Waals surface area contributed by atoms with Gasteiger partial charge in [0.25, 0.3) is 0 Å². The highest BCUT2D eigenvalue weighted by atomic mass is 127. The van der Waals surface area contributed by atoms with Gasteiger partial charge in [-0.25, -0.2) is 4.99 Å². The van der Waals surface area contributed by atoms with Crippen LogP contribution in [-0.2, 0) is 6.54 Å². The van der Waals surface area contributed by atoms with Gasteiger partial charge >= 0.3 is 0 Å². The van der Waals surface area contributed by atoms with Crippen molar-refractivity contribution in [3.8, 4) is 28.7 Å². The van der Waals surface area contributed by atoms with Crippen molar-refractivity contribution in [1.29, 1.82) is 0 Å². The van der Waals surface area contributed by atoms with E-state index in [0.717, 1.165) is 23.6 Å². The minimum absolute atomic E-state index is 0. The molecule has 0 aliphatic carbocycles. The maximum absolute atomic E-state index is 5.96. The lowest BCUT2D eigenvalue weighted by atomic mass is 10.1. The molecule has 8 nitrogen and oxygen atoms in total. The number of rotatable bonds is 11. The second-order valence-corrected chi connectivity index (χ2v) is 6.68. The molecule has 2 N–H and O–H groups in total. The Bertz CT molecular complexity index is 864. The Balaban J connectivity index is 0.00000512. The second kappa shape index (κ2) is 14.5. The summed E-state index contributed by atoms with van der Waals surface area (Å²) in [5.74, 6) is 3.97. The van der Waals surface area contributed by atoms with Crippen LogP contribution in [0.4, 0.5) is 0 Å². The molecule has 0 amide bonds. The summed E-state index contributed by atoms with van der Waals surface area (Å²) in [6, 6.07) is 11.3. The number of ether oxygens (including phenoxy) is 5. The van der Waals surface area contributed by atoms with Crippen LogP contribution in [0.3, 0.4) is 0 Å². The Morgan fingerprint density at radius 3 is 2.25 bits per heavy atom. The van der Waals surface area contributed by atoms with Gasteiger partial charge < -0.3 is 34.3 Å². The van der Waals surface area contributed by atoms with Gasteiger partial charge in [0, 0.05) is 18.2 Å². The SMILES string of the molecule is CCNC(=NCc1ccc(OC)c(OC)c1OC)NCC(C)Oc1cccc(OC)c1.I. The van der Waals surface area contributed by atoms with Gasteiger partial charge in [-0.3, -0.25) is 0 Å². The van der Waals surface area contributed by atoms with Crippen molar-refractivity contribution in [3.05, 3.63) is 42.0 Å². The van der Waals surface area contributed by atoms with E-state index < -0.39 is 0 Å². The lowest BCUT2D eigenvalue weighted by molar-refractivity contribution is 0.223. The Morgan fingerprint density at radius 1 is 0.906 bits per heavy atom. The van der Waals surface area contributed by atoms with Crippen molar-refractivity contribution >= 4 is 29.9 Å². The van der Waals surface area contributed by atoms with Gasteiger partial charge in [-0.05, 0) is 38.1 Å². The van der Waals surface area contributed by atoms with Crippen LogP contribution in [0.5, 0.6) is 28.7 Å². The number of hydrogen-bond donors (Lipinski definition) is 2. The van der Waals surface area contributed by atoms with E-state index in [-0.39, 0.29) is 30.1 Å². The minimum atomic E-state index is -0.0772. The number of nitrogens with one attached hydrogen (secondary N) is 2. The minimum Gasteiger partial charge on any atom is -0.497 e. The van der Waals surface area contributed by atoms with Gasteiger partial charge in [0.15, 0.2) is 17.5 Å². The van der Waals surface area contributed by atoms with Crippen molar-refractivity contribution in [2.45, 2.75) is 26.5 Å². The van der Waals surface area contributed by atoms with Crippen molar-refractivity contribution in [2.24, 2.45) is 4.99 Å². The van der Waals surface area contributed by atoms with Crippen LogP contribution in [-0.4, -0.2) is 53.6 Å². The summed E-state index contributed by atoms with van der Waals surface area (Å²) in [6.45, 7) is 5.73. The fourth-order valence-corrected chi connectivity index (χ4v) is 2.98. The van der Waals surface area contributed by atoms with Crippen LogP contribution in [0.15, 0.2) is 41.4 Å². The molecule has 0 aliphatic heterocycles. The summed E-state index contributed by atoms with van der Waals surface area (Å²) >= 11 is 0. The second-order valence-electron chi connectivity index (χ2n) is 6.68. The standard InChI is InChI=1S/C23H33N3O5.HI/c1-7-24-23(25-14-16(2)31-19-10-8-9-18(13-19)27-3)26-15-17-11-12-20(28-4)22(30-6)21(17)29-5;/h8-13,16H,7,14-15H2,1-6H3,(H2,24,25,26);1H. The molecule has 2 rings (SSSR count). The molecule has 0 bridgehead atoms. The number of benzene rings is 2. The first-order chi connectivity index (χ1) is 15.1. The third-order valence-corrected chi connectivity index (χ3v) is 4.47. The largest absolute Gasteiger partial charge is 0.497 e. The zero-order chi connectivity index (χ0) is 22.6. The molecule has 0 saturated heterocycles. The molecular formula is C23H34IN3O5. The third-order valence-electron chi connectivity index (χ3n) is 4.47. The average molecular weight is 559 g/mol. The Hall–Kier alpha value is -2.56. The molecule has 0 heterocycles. The van der Waals surface area contributed by atoms with E-state index in [1.165, 1.54) is 0 Å². The van der Waals surface area contributed by atoms with Gasteiger partial charge in [0.05, 0.1) is 41.5 Å². The van der Waals surface area contributed by atoms with Crippen LogP contribution in [0.2, 0.25) is 0 Å². The molecule has 9 heteroatoms. The van der Waals surface area contributed by atoms with Crippen molar-refractivity contribution in [2.75, 3.05) is 41.5 Å². The van der Waals surface area contributed by atoms with Crippen molar-refractivity contribution in [1.82, 2.24) is 10.6 Å². The van der Waals surface area contributed by atoms with E-state index >= 15 is 0 Å². The number of halogens is 1. The van der Waals surface area contributed by atoms with Gasteiger partial charge in [-0.1, -0.05) is 6.07 Å². The van der Waals surface area contributed by atoms with Crippen LogP contribution in [0.1, 0.15) is 19.4 Å². The summed E-state index contributed by atoms with van der Waals surface area (Å²) in [5.41, 5.74) is 0.887. The van der Waals surface area contributed by atoms with Crippen molar-refractivity contribution < 1.29 is 23.7 Å². The van der Waals surface area contributed by atoms with E-state index in [1.54, 1.807) is 28.4 Å². The molecule has 32 heavy (non-hydrogen) atoms. The van der Waals surface area contributed by atoms with Crippen LogP contribution in [0, 0.1) is 0 Å². The predicted molar refractivity (Wildman–Crippen MR) is 137 cm³/mol. The van der Waals surface area contributed by atoms with Crippen LogP contribution >= 0.6 is 24.0 Å². The van der Waals surface area contributed by atoms with E-state index in [9.17, 15) is 0 Å². The van der Waals surface area contributed by atoms with Crippen LogP contribution < -0.4 is 34.3 Å². The Morgan fingerprint density at radius 2 is 1.62 bits per heavy atom. The first-order valence-electron chi connectivity index (χ1n) is 10.2. The summed E-state index contributed by atoms with van der Waals surface area (Å²) in [5, 5.41) is 6.56. The highest BCUT2D eigenvalue weighted by Gasteiger charge is 2.15. The predicted octanol–water partition coefficient (Wildman–Crippen LogP) is 3.86. The maximum atomic E-state index is 5.96. The monoisotopic (exact) mass is 559 g/mol. The Labute approximate surface area is 207 Å². The molecule has 0 aromatic heterocycles. The highest BCUT2D eigenvalue weighted by molar-refractivity contribution is 14.0. The smallest absolute Gasteiger partial charge is 0.203 e. The molecule has 0 aliphatic rings. The van der Waals surface area contributed by atoms with E-state index in [4.69, 9.17) is 23.7 Å². The first kappa shape index (κ1) is 27.5. The fourth-order valence-electron chi connectivity index (χ4n) is 2.98. The quantitative estimate of drug-likeness (QED) is 0.246. The number of guanidine groups is 1. The zero-order valence-corrected chi connectivity index (χ0v) is 21.9. The summed E-state index contributed by atoms with van der Waals surface area (Å²) in [6.07, 6.45) is -0.0772. The van der Waals surface area contributed by atoms with Crippen molar-refractivity contribution in [3.63, 3.8) is 0 Å². The maximum Gasteiger partial charge on any atom is 0.203 e. The molecule has 1 atom stereocenters. The summed E-state index contributed by atoms with van der Waals surface area (Å²) in [7, 11) is 6.42. The molecule has 0 spiro atoms. The molecule has 0 radical (unpaired) electrons. The van der Waals surface area contributed by atoms with Gasteiger partial charge in [-0.15, -0.1) is 24.0 Å². The molecule has 0 fully saturated rings. The van der Waals surface area contributed by atoms with Crippen LogP contribution in [0.25, 0.3) is 0 Å². The normalized spacial score (nSPS) is 11.6. The van der Waals surface area contributed by atoms with Gasteiger partial charge in [0.2, 0.25) is 5.75 Å². The topological polar surface area (TPSA) is 82.6 Å². The molecule has 0 saturated carbocycles. The average Bonchev–Trinajstić information content (AvgIpc) is 2.80. The summed E-state index contributed by atoms with van der Waals surface area (Å²) in [4.78, 5) is 4.67. The van der Waals surface area contributed by atoms with E-state index in [2.05, 4.69) is 15.6 Å². The molecular weight excluding hydrogens is 525 g/mol. The Kier molecular flexibility index (Phi) is 12.4. The number of hydrogen-bond acceptors (Lipinski definition) is 6.